The van der Waals surface area contributed by atoms with Crippen molar-refractivity contribution in [3.05, 3.63) is 62.7 Å². The summed E-state index contributed by atoms with van der Waals surface area (Å²) in [4.78, 5) is 48.9. The average molecular weight is 424 g/mol. The minimum absolute atomic E-state index is 0.0307. The predicted octanol–water partition coefficient (Wildman–Crippen LogP) is 2.35. The number of nitro benzene ring substituents is 1. The fourth-order valence-electron chi connectivity index (χ4n) is 3.19. The summed E-state index contributed by atoms with van der Waals surface area (Å²) in [5.41, 5.74) is 0.706. The van der Waals surface area contributed by atoms with E-state index in [1.165, 1.54) is 6.07 Å². The molecule has 0 unspecified atom stereocenters. The Morgan fingerprint density at radius 2 is 1.87 bits per heavy atom. The van der Waals surface area contributed by atoms with Crippen molar-refractivity contribution in [2.45, 2.75) is 20.8 Å². The SMILES string of the molecule is CCOc1cc(/C=C2\C(=O)NC(=O)N(c3ccc(C)cc3C)C2=O)cc([N+](=O)[O-])c1[O-]. The minimum atomic E-state index is -0.956. The van der Waals surface area contributed by atoms with Gasteiger partial charge in [-0.2, -0.15) is 0 Å². The standard InChI is InChI=1S/C21H19N3O7/c1-4-31-17-10-13(9-16(18(17)25)24(29)30)8-14-19(26)22-21(28)23(20(14)27)15-6-5-11(2)7-12(15)3/h5-10,25H,4H2,1-3H3,(H,22,26,28)/p-1/b14-8+. The summed E-state index contributed by atoms with van der Waals surface area (Å²) >= 11 is 0. The zero-order valence-corrected chi connectivity index (χ0v) is 16.9. The van der Waals surface area contributed by atoms with Gasteiger partial charge in [-0.25, -0.2) is 9.69 Å². The van der Waals surface area contributed by atoms with Crippen LogP contribution < -0.4 is 20.1 Å². The van der Waals surface area contributed by atoms with E-state index in [1.807, 2.05) is 6.92 Å². The van der Waals surface area contributed by atoms with E-state index in [9.17, 15) is 29.6 Å². The Bertz CT molecular complexity index is 1150. The van der Waals surface area contributed by atoms with Crippen LogP contribution in [0.25, 0.3) is 6.08 Å². The molecule has 10 heteroatoms. The Labute approximate surface area is 176 Å². The van der Waals surface area contributed by atoms with E-state index in [1.54, 1.807) is 32.0 Å². The number of hydrogen-bond donors (Lipinski definition) is 1. The number of ether oxygens (including phenoxy) is 1. The number of anilines is 1. The lowest BCUT2D eigenvalue weighted by Crippen LogP contribution is -2.54. The van der Waals surface area contributed by atoms with Gasteiger partial charge in [0.15, 0.2) is 0 Å². The number of nitrogens with zero attached hydrogens (tertiary/aromatic N) is 2. The van der Waals surface area contributed by atoms with Gasteiger partial charge in [-0.05, 0) is 50.1 Å². The third kappa shape index (κ3) is 4.08. The lowest BCUT2D eigenvalue weighted by atomic mass is 10.0. The minimum Gasteiger partial charge on any atom is -0.865 e. The van der Waals surface area contributed by atoms with Gasteiger partial charge in [0.05, 0.1) is 17.2 Å². The molecule has 1 heterocycles. The van der Waals surface area contributed by atoms with Crippen LogP contribution in [0.1, 0.15) is 23.6 Å². The largest absolute Gasteiger partial charge is 0.865 e. The highest BCUT2D eigenvalue weighted by Crippen LogP contribution is 2.36. The van der Waals surface area contributed by atoms with E-state index in [0.29, 0.717) is 11.3 Å². The first-order chi connectivity index (χ1) is 14.6. The molecule has 4 amide bonds. The Balaban J connectivity index is 2.11. The van der Waals surface area contributed by atoms with Gasteiger partial charge in [0.1, 0.15) is 11.3 Å². The van der Waals surface area contributed by atoms with Gasteiger partial charge in [-0.15, -0.1) is 0 Å². The summed E-state index contributed by atoms with van der Waals surface area (Å²) in [5.74, 6) is -3.05. The van der Waals surface area contributed by atoms with Gasteiger partial charge in [-0.1, -0.05) is 17.7 Å². The quantitative estimate of drug-likeness (QED) is 0.336. The molecule has 1 N–H and O–H groups in total. The third-order valence-electron chi connectivity index (χ3n) is 4.56. The molecule has 2 aromatic rings. The van der Waals surface area contributed by atoms with Crippen molar-refractivity contribution in [1.82, 2.24) is 5.32 Å². The van der Waals surface area contributed by atoms with Crippen molar-refractivity contribution < 1.29 is 29.2 Å². The number of imide groups is 2. The fraction of sp³-hybridized carbons (Fsp3) is 0.190. The number of aryl methyl sites for hydroxylation is 2. The highest BCUT2D eigenvalue weighted by atomic mass is 16.6. The molecule has 1 fully saturated rings. The number of nitrogens with one attached hydrogen (secondary N) is 1. The molecule has 160 valence electrons. The van der Waals surface area contributed by atoms with Crippen LogP contribution in [0.15, 0.2) is 35.9 Å². The maximum absolute atomic E-state index is 13.0. The van der Waals surface area contributed by atoms with Crippen molar-refractivity contribution in [1.29, 1.82) is 0 Å². The van der Waals surface area contributed by atoms with E-state index in [2.05, 4.69) is 5.32 Å². The van der Waals surface area contributed by atoms with Crippen LogP contribution >= 0.6 is 0 Å². The van der Waals surface area contributed by atoms with Crippen molar-refractivity contribution in [2.24, 2.45) is 0 Å². The molecule has 3 rings (SSSR count). The van der Waals surface area contributed by atoms with E-state index >= 15 is 0 Å². The van der Waals surface area contributed by atoms with Gasteiger partial charge in [-0.3, -0.25) is 25.0 Å². The Kier molecular flexibility index (Phi) is 5.73. The van der Waals surface area contributed by atoms with Crippen molar-refractivity contribution in [3.8, 4) is 11.5 Å². The average Bonchev–Trinajstić information content (AvgIpc) is 2.68. The van der Waals surface area contributed by atoms with Crippen LogP contribution in [0.2, 0.25) is 0 Å². The smallest absolute Gasteiger partial charge is 0.335 e. The van der Waals surface area contributed by atoms with Crippen molar-refractivity contribution in [3.63, 3.8) is 0 Å². The normalized spacial score (nSPS) is 15.3. The third-order valence-corrected chi connectivity index (χ3v) is 4.56. The number of amides is 4. The number of hydrogen-bond acceptors (Lipinski definition) is 7. The molecule has 0 aromatic heterocycles. The number of nitro groups is 1. The molecular formula is C21H18N3O7-. The van der Waals surface area contributed by atoms with Crippen LogP contribution in [0.3, 0.4) is 0 Å². The highest BCUT2D eigenvalue weighted by Gasteiger charge is 2.37. The number of benzene rings is 2. The Morgan fingerprint density at radius 3 is 2.48 bits per heavy atom. The molecular weight excluding hydrogens is 406 g/mol. The Morgan fingerprint density at radius 1 is 1.16 bits per heavy atom. The first-order valence-electron chi connectivity index (χ1n) is 9.25. The molecule has 0 spiro atoms. The molecule has 0 saturated carbocycles. The zero-order valence-electron chi connectivity index (χ0n) is 16.9. The number of carbonyl (C=O) groups excluding carboxylic acids is 3. The first kappa shape index (κ1) is 21.5. The highest BCUT2D eigenvalue weighted by molar-refractivity contribution is 6.39. The van der Waals surface area contributed by atoms with Crippen molar-refractivity contribution >= 4 is 35.3 Å². The van der Waals surface area contributed by atoms with Crippen LogP contribution in [0, 0.1) is 24.0 Å². The lowest BCUT2D eigenvalue weighted by molar-refractivity contribution is -0.398. The van der Waals surface area contributed by atoms with Crippen LogP contribution in [-0.2, 0) is 9.59 Å². The van der Waals surface area contributed by atoms with E-state index in [0.717, 1.165) is 22.6 Å². The summed E-state index contributed by atoms with van der Waals surface area (Å²) in [7, 11) is 0. The number of rotatable bonds is 5. The molecule has 0 bridgehead atoms. The van der Waals surface area contributed by atoms with Gasteiger partial charge >= 0.3 is 6.03 Å². The van der Waals surface area contributed by atoms with E-state index in [-0.39, 0.29) is 17.9 Å². The molecule has 1 saturated heterocycles. The summed E-state index contributed by atoms with van der Waals surface area (Å²) in [6.07, 6.45) is 1.08. The number of carbonyl (C=O) groups is 3. The number of urea groups is 1. The van der Waals surface area contributed by atoms with Crippen molar-refractivity contribution in [2.75, 3.05) is 11.5 Å². The van der Waals surface area contributed by atoms with E-state index < -0.39 is 39.8 Å². The van der Waals surface area contributed by atoms with Crippen LogP contribution in [0.5, 0.6) is 11.5 Å². The first-order valence-corrected chi connectivity index (χ1v) is 9.25. The Hall–Kier alpha value is -4.21. The zero-order chi connectivity index (χ0) is 22.9. The molecule has 31 heavy (non-hydrogen) atoms. The maximum Gasteiger partial charge on any atom is 0.335 e. The maximum atomic E-state index is 13.0. The summed E-state index contributed by atoms with van der Waals surface area (Å²) < 4.78 is 5.15. The second kappa shape index (κ2) is 8.27. The van der Waals surface area contributed by atoms with Crippen LogP contribution in [-0.4, -0.2) is 29.4 Å². The second-order valence-electron chi connectivity index (χ2n) is 6.81. The fourth-order valence-corrected chi connectivity index (χ4v) is 3.19. The summed E-state index contributed by atoms with van der Waals surface area (Å²) in [6, 6.07) is 6.31. The number of barbiturate groups is 1. The summed E-state index contributed by atoms with van der Waals surface area (Å²) in [6.45, 7) is 5.25. The molecule has 2 aromatic carbocycles. The molecule has 0 atom stereocenters. The topological polar surface area (TPSA) is 142 Å². The predicted molar refractivity (Wildman–Crippen MR) is 109 cm³/mol. The molecule has 1 aliphatic heterocycles. The van der Waals surface area contributed by atoms with Gasteiger partial charge in [0.25, 0.3) is 17.5 Å². The monoisotopic (exact) mass is 424 g/mol. The van der Waals surface area contributed by atoms with E-state index in [4.69, 9.17) is 4.74 Å². The summed E-state index contributed by atoms with van der Waals surface area (Å²) in [5, 5.41) is 25.4. The molecule has 1 aliphatic rings. The molecule has 0 radical (unpaired) electrons. The van der Waals surface area contributed by atoms with Gasteiger partial charge in [0, 0.05) is 11.8 Å². The lowest BCUT2D eigenvalue weighted by Gasteiger charge is -2.27. The van der Waals surface area contributed by atoms with Crippen LogP contribution in [0.4, 0.5) is 16.2 Å². The molecule has 0 aliphatic carbocycles. The van der Waals surface area contributed by atoms with Gasteiger partial charge in [0.2, 0.25) is 0 Å². The second-order valence-corrected chi connectivity index (χ2v) is 6.81. The molecule has 10 nitrogen and oxygen atoms in total. The van der Waals surface area contributed by atoms with Gasteiger partial charge < -0.3 is 9.84 Å².